The average molecular weight is 366 g/mol. The van der Waals surface area contributed by atoms with Gasteiger partial charge < -0.3 is 9.80 Å². The van der Waals surface area contributed by atoms with Gasteiger partial charge in [0.05, 0.1) is 11.1 Å². The summed E-state index contributed by atoms with van der Waals surface area (Å²) >= 11 is 0. The molecular formula is C24H22N4. The van der Waals surface area contributed by atoms with Crippen LogP contribution in [0.25, 0.3) is 22.3 Å². The predicted molar refractivity (Wildman–Crippen MR) is 115 cm³/mol. The molecule has 4 heteroatoms. The van der Waals surface area contributed by atoms with Gasteiger partial charge in [-0.3, -0.25) is 0 Å². The smallest absolute Gasteiger partial charge is 0.101 e. The lowest BCUT2D eigenvalue weighted by Gasteiger charge is -2.15. The zero-order valence-corrected chi connectivity index (χ0v) is 16.6. The molecule has 0 radical (unpaired) electrons. The highest BCUT2D eigenvalue weighted by atomic mass is 15.1. The van der Waals surface area contributed by atoms with Gasteiger partial charge in [0.25, 0.3) is 0 Å². The Balaban J connectivity index is 2.11. The Morgan fingerprint density at radius 1 is 0.536 bits per heavy atom. The van der Waals surface area contributed by atoms with Crippen molar-refractivity contribution in [1.82, 2.24) is 0 Å². The lowest BCUT2D eigenvalue weighted by atomic mass is 9.90. The summed E-state index contributed by atoms with van der Waals surface area (Å²) < 4.78 is 0. The molecule has 138 valence electrons. The van der Waals surface area contributed by atoms with E-state index in [0.717, 1.165) is 33.6 Å². The van der Waals surface area contributed by atoms with Crippen LogP contribution in [0.3, 0.4) is 0 Å². The van der Waals surface area contributed by atoms with Crippen LogP contribution >= 0.6 is 0 Å². The first-order valence-electron chi connectivity index (χ1n) is 8.99. The molecular weight excluding hydrogens is 344 g/mol. The summed E-state index contributed by atoms with van der Waals surface area (Å²) in [6.45, 7) is 0. The fourth-order valence-corrected chi connectivity index (χ4v) is 3.19. The Bertz CT molecular complexity index is 975. The van der Waals surface area contributed by atoms with Crippen LogP contribution in [-0.2, 0) is 0 Å². The van der Waals surface area contributed by atoms with Crippen molar-refractivity contribution in [2.75, 3.05) is 38.0 Å². The lowest BCUT2D eigenvalue weighted by Crippen LogP contribution is -2.08. The van der Waals surface area contributed by atoms with E-state index in [-0.39, 0.29) is 0 Å². The van der Waals surface area contributed by atoms with Crippen LogP contribution in [-0.4, -0.2) is 28.2 Å². The van der Waals surface area contributed by atoms with Crippen molar-refractivity contribution in [2.45, 2.75) is 0 Å². The minimum atomic E-state index is 0.411. The molecule has 3 aromatic rings. The molecule has 3 aromatic carbocycles. The molecule has 0 aliphatic rings. The van der Waals surface area contributed by atoms with E-state index in [2.05, 4.69) is 12.1 Å². The van der Waals surface area contributed by atoms with Crippen LogP contribution in [0.15, 0.2) is 60.7 Å². The van der Waals surface area contributed by atoms with Crippen molar-refractivity contribution in [3.63, 3.8) is 0 Å². The Labute approximate surface area is 166 Å². The maximum absolute atomic E-state index is 9.81. The average Bonchev–Trinajstić information content (AvgIpc) is 2.72. The summed E-state index contributed by atoms with van der Waals surface area (Å²) in [5.74, 6) is 0. The summed E-state index contributed by atoms with van der Waals surface area (Å²) in [6, 6.07) is 24.3. The molecule has 0 amide bonds. The number of hydrogen-bond donors (Lipinski definition) is 0. The fourth-order valence-electron chi connectivity index (χ4n) is 3.19. The second-order valence-electron chi connectivity index (χ2n) is 7.02. The molecule has 4 nitrogen and oxygen atoms in total. The normalized spacial score (nSPS) is 10.1. The largest absolute Gasteiger partial charge is 0.378 e. The standard InChI is InChI=1S/C24H22N4/c1-27(2)19-9-5-17(6-10-19)21-13-14-22(24(16-26)23(21)15-25)18-7-11-20(12-8-18)28(3)4/h5-14H,1-4H3. The molecule has 0 saturated carbocycles. The molecule has 0 atom stereocenters. The molecule has 0 unspecified atom stereocenters. The monoisotopic (exact) mass is 366 g/mol. The molecule has 0 saturated heterocycles. The van der Waals surface area contributed by atoms with Crippen LogP contribution in [0.5, 0.6) is 0 Å². The minimum absolute atomic E-state index is 0.411. The van der Waals surface area contributed by atoms with Gasteiger partial charge in [-0.1, -0.05) is 36.4 Å². The summed E-state index contributed by atoms with van der Waals surface area (Å²) in [5.41, 5.74) is 6.39. The molecule has 0 bridgehead atoms. The number of hydrogen-bond acceptors (Lipinski definition) is 4. The Hall–Kier alpha value is -3.76. The Kier molecular flexibility index (Phi) is 5.34. The van der Waals surface area contributed by atoms with E-state index in [1.807, 2.05) is 98.7 Å². The van der Waals surface area contributed by atoms with Gasteiger partial charge in [0.2, 0.25) is 0 Å². The van der Waals surface area contributed by atoms with Gasteiger partial charge in [-0.2, -0.15) is 10.5 Å². The molecule has 0 N–H and O–H groups in total. The number of nitriles is 2. The van der Waals surface area contributed by atoms with Crippen molar-refractivity contribution in [2.24, 2.45) is 0 Å². The van der Waals surface area contributed by atoms with Crippen molar-refractivity contribution < 1.29 is 0 Å². The number of anilines is 2. The van der Waals surface area contributed by atoms with E-state index in [1.165, 1.54) is 0 Å². The second-order valence-corrected chi connectivity index (χ2v) is 7.02. The van der Waals surface area contributed by atoms with E-state index in [1.54, 1.807) is 0 Å². The maximum Gasteiger partial charge on any atom is 0.101 e. The highest BCUT2D eigenvalue weighted by molar-refractivity contribution is 5.83. The van der Waals surface area contributed by atoms with Gasteiger partial charge in [-0.25, -0.2) is 0 Å². The van der Waals surface area contributed by atoms with E-state index in [4.69, 9.17) is 0 Å². The number of benzene rings is 3. The maximum atomic E-state index is 9.81. The molecule has 0 aromatic heterocycles. The van der Waals surface area contributed by atoms with Gasteiger partial charge in [0, 0.05) is 50.7 Å². The van der Waals surface area contributed by atoms with Crippen LogP contribution in [0.2, 0.25) is 0 Å². The molecule has 0 fully saturated rings. The first-order valence-corrected chi connectivity index (χ1v) is 8.99. The highest BCUT2D eigenvalue weighted by Gasteiger charge is 2.16. The summed E-state index contributed by atoms with van der Waals surface area (Å²) in [6.07, 6.45) is 0. The van der Waals surface area contributed by atoms with Gasteiger partial charge in [0.15, 0.2) is 0 Å². The lowest BCUT2D eigenvalue weighted by molar-refractivity contribution is 1.13. The Morgan fingerprint density at radius 3 is 1.11 bits per heavy atom. The first-order chi connectivity index (χ1) is 13.5. The third-order valence-corrected chi connectivity index (χ3v) is 4.82. The predicted octanol–water partition coefficient (Wildman–Crippen LogP) is 4.90. The second kappa shape index (κ2) is 7.86. The molecule has 0 aliphatic heterocycles. The van der Waals surface area contributed by atoms with Gasteiger partial charge >= 0.3 is 0 Å². The zero-order valence-electron chi connectivity index (χ0n) is 16.6. The summed E-state index contributed by atoms with van der Waals surface area (Å²) in [7, 11) is 7.94. The van der Waals surface area contributed by atoms with Gasteiger partial charge in [-0.15, -0.1) is 0 Å². The number of nitrogens with zero attached hydrogens (tertiary/aromatic N) is 4. The first kappa shape index (κ1) is 19.0. The summed E-state index contributed by atoms with van der Waals surface area (Å²) in [4.78, 5) is 4.05. The van der Waals surface area contributed by atoms with Crippen molar-refractivity contribution in [3.8, 4) is 34.4 Å². The molecule has 0 heterocycles. The van der Waals surface area contributed by atoms with Crippen LogP contribution < -0.4 is 9.80 Å². The van der Waals surface area contributed by atoms with E-state index in [9.17, 15) is 10.5 Å². The summed E-state index contributed by atoms with van der Waals surface area (Å²) in [5, 5.41) is 19.6. The Morgan fingerprint density at radius 2 is 0.857 bits per heavy atom. The molecule has 28 heavy (non-hydrogen) atoms. The van der Waals surface area contributed by atoms with Crippen LogP contribution in [0.4, 0.5) is 11.4 Å². The number of rotatable bonds is 4. The quantitative estimate of drug-likeness (QED) is 0.659. The van der Waals surface area contributed by atoms with Crippen LogP contribution in [0.1, 0.15) is 11.1 Å². The van der Waals surface area contributed by atoms with Gasteiger partial charge in [0.1, 0.15) is 12.1 Å². The highest BCUT2D eigenvalue weighted by Crippen LogP contribution is 2.34. The van der Waals surface area contributed by atoms with E-state index >= 15 is 0 Å². The van der Waals surface area contributed by atoms with E-state index < -0.39 is 0 Å². The van der Waals surface area contributed by atoms with E-state index in [0.29, 0.717) is 11.1 Å². The van der Waals surface area contributed by atoms with Crippen LogP contribution in [0, 0.1) is 22.7 Å². The SMILES string of the molecule is CN(C)c1ccc(-c2ccc(-c3ccc(N(C)C)cc3)c(C#N)c2C#N)cc1. The van der Waals surface area contributed by atoms with Crippen molar-refractivity contribution in [1.29, 1.82) is 10.5 Å². The zero-order chi connectivity index (χ0) is 20.3. The fraction of sp³-hybridized carbons (Fsp3) is 0.167. The van der Waals surface area contributed by atoms with Crippen molar-refractivity contribution in [3.05, 3.63) is 71.8 Å². The molecule has 3 rings (SSSR count). The van der Waals surface area contributed by atoms with Crippen molar-refractivity contribution >= 4 is 11.4 Å². The molecule has 0 aliphatic carbocycles. The molecule has 0 spiro atoms. The van der Waals surface area contributed by atoms with Gasteiger partial charge in [-0.05, 0) is 35.4 Å². The third-order valence-electron chi connectivity index (χ3n) is 4.82. The third kappa shape index (κ3) is 3.54. The minimum Gasteiger partial charge on any atom is -0.378 e. The topological polar surface area (TPSA) is 54.1 Å².